The number of hydrogen-bond donors (Lipinski definition) is 4. The summed E-state index contributed by atoms with van der Waals surface area (Å²) >= 11 is 0. The van der Waals surface area contributed by atoms with Gasteiger partial charge in [-0.2, -0.15) is 0 Å². The quantitative estimate of drug-likeness (QED) is 0.521. The van der Waals surface area contributed by atoms with E-state index in [0.717, 1.165) is 0 Å². The van der Waals surface area contributed by atoms with Crippen LogP contribution >= 0.6 is 0 Å². The topological polar surface area (TPSA) is 108 Å². The Bertz CT molecular complexity index is 356. The van der Waals surface area contributed by atoms with E-state index in [1.54, 1.807) is 12.2 Å². The van der Waals surface area contributed by atoms with Crippen molar-refractivity contribution < 1.29 is 24.5 Å². The standard InChI is InChI=1S/C12H20N2O5/c1-7(2)13-12(18)14-9-4-3-8(5-11(16)17)19-10(9)6-15/h3-4,7-10,15H,5-6H2,1-2H3,(H,16,17)(H2,13,14,18)/t8-,9+,10-/m0/s1. The monoisotopic (exact) mass is 272 g/mol. The maximum Gasteiger partial charge on any atom is 0.315 e. The minimum atomic E-state index is -0.977. The van der Waals surface area contributed by atoms with Crippen molar-refractivity contribution in [1.29, 1.82) is 0 Å². The molecule has 19 heavy (non-hydrogen) atoms. The summed E-state index contributed by atoms with van der Waals surface area (Å²) in [5, 5.41) is 23.2. The predicted molar refractivity (Wildman–Crippen MR) is 67.7 cm³/mol. The van der Waals surface area contributed by atoms with Crippen LogP contribution in [-0.4, -0.2) is 53.1 Å². The molecule has 7 nitrogen and oxygen atoms in total. The Kier molecular flexibility index (Phi) is 5.78. The van der Waals surface area contributed by atoms with Crippen molar-refractivity contribution in [2.24, 2.45) is 0 Å². The fourth-order valence-corrected chi connectivity index (χ4v) is 1.76. The van der Waals surface area contributed by atoms with Gasteiger partial charge in [0.1, 0.15) is 6.10 Å². The third-order valence-corrected chi connectivity index (χ3v) is 2.56. The molecule has 108 valence electrons. The zero-order valence-electron chi connectivity index (χ0n) is 11.0. The number of amides is 2. The lowest BCUT2D eigenvalue weighted by Gasteiger charge is -2.31. The van der Waals surface area contributed by atoms with E-state index in [9.17, 15) is 14.7 Å². The van der Waals surface area contributed by atoms with E-state index in [1.165, 1.54) is 0 Å². The number of hydrogen-bond acceptors (Lipinski definition) is 4. The molecule has 1 rings (SSSR count). The lowest BCUT2D eigenvalue weighted by molar-refractivity contribution is -0.141. The molecule has 4 N–H and O–H groups in total. The number of carbonyl (C=O) groups is 2. The Labute approximate surface area is 111 Å². The predicted octanol–water partition coefficient (Wildman–Crippen LogP) is -0.147. The van der Waals surface area contributed by atoms with Crippen LogP contribution in [0.2, 0.25) is 0 Å². The van der Waals surface area contributed by atoms with E-state index in [1.807, 2.05) is 13.8 Å². The van der Waals surface area contributed by atoms with Crippen molar-refractivity contribution in [3.05, 3.63) is 12.2 Å². The average Bonchev–Trinajstić information content (AvgIpc) is 2.29. The number of carboxylic acid groups (broad SMARTS) is 1. The highest BCUT2D eigenvalue weighted by Gasteiger charge is 2.28. The molecule has 7 heteroatoms. The molecule has 2 amide bonds. The number of nitrogens with one attached hydrogen (secondary N) is 2. The third kappa shape index (κ3) is 5.27. The Morgan fingerprint density at radius 2 is 2.05 bits per heavy atom. The SMILES string of the molecule is CC(C)NC(=O)N[C@@H]1C=C[C@@H](CC(=O)O)O[C@H]1CO. The first-order valence-electron chi connectivity index (χ1n) is 6.15. The molecule has 0 bridgehead atoms. The third-order valence-electron chi connectivity index (χ3n) is 2.56. The van der Waals surface area contributed by atoms with Gasteiger partial charge in [-0.1, -0.05) is 12.2 Å². The zero-order valence-corrected chi connectivity index (χ0v) is 11.0. The molecule has 0 fully saturated rings. The van der Waals surface area contributed by atoms with Crippen molar-refractivity contribution in [3.63, 3.8) is 0 Å². The normalized spacial score (nSPS) is 26.2. The minimum absolute atomic E-state index is 0.000763. The number of ether oxygens (including phenoxy) is 1. The Hall–Kier alpha value is -1.60. The van der Waals surface area contributed by atoms with Gasteiger partial charge in [0.15, 0.2) is 0 Å². The Morgan fingerprint density at radius 3 is 2.58 bits per heavy atom. The van der Waals surface area contributed by atoms with E-state index in [-0.39, 0.29) is 25.1 Å². The molecule has 0 aromatic carbocycles. The number of urea groups is 1. The van der Waals surface area contributed by atoms with Crippen LogP contribution in [0.15, 0.2) is 12.2 Å². The van der Waals surface area contributed by atoms with Crippen LogP contribution in [-0.2, 0) is 9.53 Å². The van der Waals surface area contributed by atoms with Crippen LogP contribution in [0.5, 0.6) is 0 Å². The lowest BCUT2D eigenvalue weighted by Crippen LogP contribution is -2.52. The fourth-order valence-electron chi connectivity index (χ4n) is 1.76. The molecule has 0 unspecified atom stereocenters. The van der Waals surface area contributed by atoms with Gasteiger partial charge < -0.3 is 25.6 Å². The lowest BCUT2D eigenvalue weighted by atomic mass is 10.1. The molecule has 0 aromatic heterocycles. The molecule has 0 saturated heterocycles. The van der Waals surface area contributed by atoms with Gasteiger partial charge in [0.05, 0.1) is 25.2 Å². The summed E-state index contributed by atoms with van der Waals surface area (Å²) in [7, 11) is 0. The van der Waals surface area contributed by atoms with Crippen LogP contribution in [0.25, 0.3) is 0 Å². The highest BCUT2D eigenvalue weighted by atomic mass is 16.5. The molecule has 0 radical (unpaired) electrons. The van der Waals surface area contributed by atoms with E-state index in [2.05, 4.69) is 10.6 Å². The maximum absolute atomic E-state index is 11.6. The summed E-state index contributed by atoms with van der Waals surface area (Å²) in [6.07, 6.45) is 1.84. The minimum Gasteiger partial charge on any atom is -0.481 e. The molecular weight excluding hydrogens is 252 g/mol. The molecular formula is C12H20N2O5. The number of aliphatic hydroxyl groups excluding tert-OH is 1. The number of aliphatic hydroxyl groups is 1. The number of aliphatic carboxylic acids is 1. The number of rotatable bonds is 5. The van der Waals surface area contributed by atoms with E-state index >= 15 is 0 Å². The van der Waals surface area contributed by atoms with Crippen LogP contribution in [0, 0.1) is 0 Å². The summed E-state index contributed by atoms with van der Waals surface area (Å²) < 4.78 is 5.40. The summed E-state index contributed by atoms with van der Waals surface area (Å²) in [5.41, 5.74) is 0. The second kappa shape index (κ2) is 7.10. The number of carboxylic acids is 1. The second-order valence-electron chi connectivity index (χ2n) is 4.68. The van der Waals surface area contributed by atoms with Gasteiger partial charge in [-0.25, -0.2) is 4.79 Å². The Morgan fingerprint density at radius 1 is 1.37 bits per heavy atom. The van der Waals surface area contributed by atoms with Crippen molar-refractivity contribution in [2.45, 2.75) is 44.6 Å². The van der Waals surface area contributed by atoms with Gasteiger partial charge >= 0.3 is 12.0 Å². The fraction of sp³-hybridized carbons (Fsp3) is 0.667. The van der Waals surface area contributed by atoms with E-state index in [0.29, 0.717) is 0 Å². The number of carbonyl (C=O) groups excluding carboxylic acids is 1. The summed E-state index contributed by atoms with van der Waals surface area (Å²) in [4.78, 5) is 22.1. The highest BCUT2D eigenvalue weighted by molar-refractivity contribution is 5.74. The van der Waals surface area contributed by atoms with Crippen LogP contribution in [0.1, 0.15) is 20.3 Å². The first kappa shape index (κ1) is 15.5. The second-order valence-corrected chi connectivity index (χ2v) is 4.68. The van der Waals surface area contributed by atoms with Gasteiger partial charge in [0.2, 0.25) is 0 Å². The molecule has 0 spiro atoms. The highest BCUT2D eigenvalue weighted by Crippen LogP contribution is 2.15. The zero-order chi connectivity index (χ0) is 14.4. The van der Waals surface area contributed by atoms with Crippen LogP contribution in [0.4, 0.5) is 4.79 Å². The van der Waals surface area contributed by atoms with Gasteiger partial charge in [0, 0.05) is 6.04 Å². The van der Waals surface area contributed by atoms with Gasteiger partial charge in [-0.3, -0.25) is 4.79 Å². The smallest absolute Gasteiger partial charge is 0.315 e. The summed E-state index contributed by atoms with van der Waals surface area (Å²) in [6.45, 7) is 3.37. The van der Waals surface area contributed by atoms with Gasteiger partial charge in [0.25, 0.3) is 0 Å². The molecule has 0 aromatic rings. The van der Waals surface area contributed by atoms with Crippen molar-refractivity contribution >= 4 is 12.0 Å². The van der Waals surface area contributed by atoms with Gasteiger partial charge in [-0.05, 0) is 13.8 Å². The van der Waals surface area contributed by atoms with Gasteiger partial charge in [-0.15, -0.1) is 0 Å². The average molecular weight is 272 g/mol. The van der Waals surface area contributed by atoms with Crippen LogP contribution in [0.3, 0.4) is 0 Å². The summed E-state index contributed by atoms with van der Waals surface area (Å²) in [6, 6.07) is -0.835. The van der Waals surface area contributed by atoms with Crippen LogP contribution < -0.4 is 10.6 Å². The van der Waals surface area contributed by atoms with Crippen molar-refractivity contribution in [2.75, 3.05) is 6.61 Å². The first-order chi connectivity index (χ1) is 8.92. The molecule has 0 aliphatic carbocycles. The molecule has 1 aliphatic heterocycles. The summed E-state index contributed by atoms with van der Waals surface area (Å²) in [5.74, 6) is -0.977. The molecule has 1 aliphatic rings. The maximum atomic E-state index is 11.6. The van der Waals surface area contributed by atoms with Crippen molar-refractivity contribution in [1.82, 2.24) is 10.6 Å². The largest absolute Gasteiger partial charge is 0.481 e. The molecule has 1 heterocycles. The first-order valence-corrected chi connectivity index (χ1v) is 6.15. The van der Waals surface area contributed by atoms with Crippen molar-refractivity contribution in [3.8, 4) is 0 Å². The molecule has 3 atom stereocenters. The Balaban J connectivity index is 2.58. The molecule has 0 saturated carbocycles. The van der Waals surface area contributed by atoms with E-state index in [4.69, 9.17) is 9.84 Å². The van der Waals surface area contributed by atoms with E-state index < -0.39 is 24.2 Å².